The molecule has 1 N–H and O–H groups in total. The molecule has 1 aromatic heterocycles. The van der Waals surface area contributed by atoms with E-state index < -0.39 is 0 Å². The van der Waals surface area contributed by atoms with Crippen LogP contribution in [0, 0.1) is 0 Å². The highest BCUT2D eigenvalue weighted by Gasteiger charge is 2.17. The first-order valence-electron chi connectivity index (χ1n) is 5.65. The molecule has 0 bridgehead atoms. The lowest BCUT2D eigenvalue weighted by Gasteiger charge is -2.13. The zero-order chi connectivity index (χ0) is 11.5. The molecule has 0 saturated carbocycles. The summed E-state index contributed by atoms with van der Waals surface area (Å²) >= 11 is 0. The number of nitrogens with zero attached hydrogens (tertiary/aromatic N) is 2. The van der Waals surface area contributed by atoms with Gasteiger partial charge in [-0.25, -0.2) is 4.98 Å². The number of carbonyl (C=O) groups is 1. The maximum absolute atomic E-state index is 11.8. The lowest BCUT2D eigenvalue weighted by Crippen LogP contribution is -2.32. The van der Waals surface area contributed by atoms with E-state index in [-0.39, 0.29) is 11.9 Å². The van der Waals surface area contributed by atoms with Gasteiger partial charge in [-0.1, -0.05) is 6.92 Å². The minimum absolute atomic E-state index is 0.101. The SMILES string of the molecule is CCC(C)NC(=O)c1cn2c(n1)COCC2. The number of imidazole rings is 1. The van der Waals surface area contributed by atoms with Crippen LogP contribution in [0.2, 0.25) is 0 Å². The lowest BCUT2D eigenvalue weighted by atomic mass is 10.2. The van der Waals surface area contributed by atoms with E-state index in [1.807, 2.05) is 18.4 Å². The number of nitrogens with one attached hydrogen (secondary N) is 1. The summed E-state index contributed by atoms with van der Waals surface area (Å²) in [5, 5.41) is 2.90. The monoisotopic (exact) mass is 223 g/mol. The minimum atomic E-state index is -0.101. The summed E-state index contributed by atoms with van der Waals surface area (Å²) in [6.07, 6.45) is 2.72. The van der Waals surface area contributed by atoms with Crippen molar-refractivity contribution in [3.63, 3.8) is 0 Å². The zero-order valence-electron chi connectivity index (χ0n) is 9.69. The first kappa shape index (κ1) is 11.1. The number of fused-ring (bicyclic) bond motifs is 1. The minimum Gasteiger partial charge on any atom is -0.372 e. The van der Waals surface area contributed by atoms with Crippen LogP contribution in [-0.4, -0.2) is 28.1 Å². The smallest absolute Gasteiger partial charge is 0.271 e. The quantitative estimate of drug-likeness (QED) is 0.829. The molecular formula is C11H17N3O2. The third kappa shape index (κ3) is 2.24. The average molecular weight is 223 g/mol. The van der Waals surface area contributed by atoms with Gasteiger partial charge >= 0.3 is 0 Å². The second-order valence-electron chi connectivity index (χ2n) is 4.07. The number of rotatable bonds is 3. The van der Waals surface area contributed by atoms with Crippen molar-refractivity contribution in [1.82, 2.24) is 14.9 Å². The molecule has 1 amide bonds. The van der Waals surface area contributed by atoms with Crippen molar-refractivity contribution >= 4 is 5.91 Å². The Hall–Kier alpha value is -1.36. The van der Waals surface area contributed by atoms with Crippen LogP contribution in [0.4, 0.5) is 0 Å². The molecule has 1 aliphatic rings. The van der Waals surface area contributed by atoms with Crippen molar-refractivity contribution in [2.75, 3.05) is 6.61 Å². The molecule has 0 aliphatic carbocycles. The van der Waals surface area contributed by atoms with Crippen LogP contribution >= 0.6 is 0 Å². The fraction of sp³-hybridized carbons (Fsp3) is 0.636. The molecule has 0 aromatic carbocycles. The zero-order valence-corrected chi connectivity index (χ0v) is 9.69. The molecule has 0 spiro atoms. The molecule has 1 aliphatic heterocycles. The van der Waals surface area contributed by atoms with Crippen LogP contribution in [0.3, 0.4) is 0 Å². The molecule has 88 valence electrons. The number of amides is 1. The Morgan fingerprint density at radius 1 is 1.75 bits per heavy atom. The first-order valence-corrected chi connectivity index (χ1v) is 5.65. The van der Waals surface area contributed by atoms with Crippen molar-refractivity contribution < 1.29 is 9.53 Å². The van der Waals surface area contributed by atoms with E-state index in [4.69, 9.17) is 4.74 Å². The van der Waals surface area contributed by atoms with E-state index in [1.54, 1.807) is 6.20 Å². The standard InChI is InChI=1S/C11H17N3O2/c1-3-8(2)12-11(15)9-6-14-4-5-16-7-10(14)13-9/h6,8H,3-5,7H2,1-2H3,(H,12,15). The molecule has 2 heterocycles. The second kappa shape index (κ2) is 4.65. The van der Waals surface area contributed by atoms with Gasteiger partial charge in [-0.3, -0.25) is 4.79 Å². The van der Waals surface area contributed by atoms with E-state index in [2.05, 4.69) is 10.3 Å². The van der Waals surface area contributed by atoms with E-state index >= 15 is 0 Å². The fourth-order valence-corrected chi connectivity index (χ4v) is 1.60. The Bertz CT molecular complexity index is 363. The first-order chi connectivity index (χ1) is 7.70. The maximum Gasteiger partial charge on any atom is 0.271 e. The van der Waals surface area contributed by atoms with Gasteiger partial charge < -0.3 is 14.6 Å². The van der Waals surface area contributed by atoms with Crippen LogP contribution in [0.25, 0.3) is 0 Å². The fourth-order valence-electron chi connectivity index (χ4n) is 1.60. The molecule has 1 aromatic rings. The van der Waals surface area contributed by atoms with Crippen molar-refractivity contribution in [3.05, 3.63) is 17.7 Å². The molecule has 16 heavy (non-hydrogen) atoms. The van der Waals surface area contributed by atoms with Gasteiger partial charge in [0, 0.05) is 18.8 Å². The molecule has 5 heteroatoms. The van der Waals surface area contributed by atoms with E-state index in [9.17, 15) is 4.79 Å². The summed E-state index contributed by atoms with van der Waals surface area (Å²) in [5.41, 5.74) is 0.487. The molecule has 0 fully saturated rings. The average Bonchev–Trinajstić information content (AvgIpc) is 2.72. The number of carbonyl (C=O) groups excluding carboxylic acids is 1. The van der Waals surface area contributed by atoms with E-state index in [0.717, 1.165) is 18.8 Å². The lowest BCUT2D eigenvalue weighted by molar-refractivity contribution is 0.0815. The molecular weight excluding hydrogens is 206 g/mol. The van der Waals surface area contributed by atoms with Crippen LogP contribution in [0.15, 0.2) is 6.20 Å². The van der Waals surface area contributed by atoms with Crippen molar-refractivity contribution in [2.24, 2.45) is 0 Å². The summed E-state index contributed by atoms with van der Waals surface area (Å²) in [6, 6.07) is 0.183. The molecule has 1 unspecified atom stereocenters. The van der Waals surface area contributed by atoms with E-state index in [1.165, 1.54) is 0 Å². The molecule has 2 rings (SSSR count). The summed E-state index contributed by atoms with van der Waals surface area (Å²) in [6.45, 7) is 5.99. The van der Waals surface area contributed by atoms with Crippen molar-refractivity contribution in [3.8, 4) is 0 Å². The van der Waals surface area contributed by atoms with Crippen LogP contribution in [-0.2, 0) is 17.9 Å². The van der Waals surface area contributed by atoms with Crippen molar-refractivity contribution in [1.29, 1.82) is 0 Å². The maximum atomic E-state index is 11.8. The van der Waals surface area contributed by atoms with E-state index in [0.29, 0.717) is 18.9 Å². The topological polar surface area (TPSA) is 56.2 Å². The van der Waals surface area contributed by atoms with Gasteiger partial charge in [-0.2, -0.15) is 0 Å². The Morgan fingerprint density at radius 3 is 3.25 bits per heavy atom. The number of hydrogen-bond acceptors (Lipinski definition) is 3. The number of aromatic nitrogens is 2. The number of ether oxygens (including phenoxy) is 1. The highest BCUT2D eigenvalue weighted by molar-refractivity contribution is 5.92. The summed E-state index contributed by atoms with van der Waals surface area (Å²) in [7, 11) is 0. The van der Waals surface area contributed by atoms with Gasteiger partial charge in [0.25, 0.3) is 5.91 Å². The Kier molecular flexibility index (Phi) is 3.24. The molecule has 0 saturated heterocycles. The van der Waals surface area contributed by atoms with Gasteiger partial charge in [0.05, 0.1) is 6.61 Å². The van der Waals surface area contributed by atoms with Crippen LogP contribution in [0.5, 0.6) is 0 Å². The Morgan fingerprint density at radius 2 is 2.56 bits per heavy atom. The summed E-state index contributed by atoms with van der Waals surface area (Å²) in [4.78, 5) is 16.1. The summed E-state index contributed by atoms with van der Waals surface area (Å²) in [5.74, 6) is 0.733. The highest BCUT2D eigenvalue weighted by atomic mass is 16.5. The second-order valence-corrected chi connectivity index (χ2v) is 4.07. The van der Waals surface area contributed by atoms with Crippen LogP contribution < -0.4 is 5.32 Å². The van der Waals surface area contributed by atoms with Gasteiger partial charge in [-0.05, 0) is 13.3 Å². The predicted molar refractivity (Wildman–Crippen MR) is 59.1 cm³/mol. The van der Waals surface area contributed by atoms with Gasteiger partial charge in [0.1, 0.15) is 18.1 Å². The predicted octanol–water partition coefficient (Wildman–Crippen LogP) is 0.942. The third-order valence-electron chi connectivity index (χ3n) is 2.79. The Labute approximate surface area is 94.8 Å². The van der Waals surface area contributed by atoms with Crippen molar-refractivity contribution in [2.45, 2.75) is 39.5 Å². The molecule has 1 atom stereocenters. The van der Waals surface area contributed by atoms with Gasteiger partial charge in [0.2, 0.25) is 0 Å². The van der Waals surface area contributed by atoms with Crippen LogP contribution in [0.1, 0.15) is 36.6 Å². The highest BCUT2D eigenvalue weighted by Crippen LogP contribution is 2.10. The Balaban J connectivity index is 2.09. The third-order valence-corrected chi connectivity index (χ3v) is 2.79. The summed E-state index contributed by atoms with van der Waals surface area (Å²) < 4.78 is 7.26. The normalized spacial score (nSPS) is 16.6. The van der Waals surface area contributed by atoms with Gasteiger partial charge in [-0.15, -0.1) is 0 Å². The number of hydrogen-bond donors (Lipinski definition) is 1. The molecule has 5 nitrogen and oxygen atoms in total. The molecule has 0 radical (unpaired) electrons. The largest absolute Gasteiger partial charge is 0.372 e. The van der Waals surface area contributed by atoms with Gasteiger partial charge in [0.15, 0.2) is 0 Å².